The summed E-state index contributed by atoms with van der Waals surface area (Å²) in [5.41, 5.74) is 1.26. The Morgan fingerprint density at radius 1 is 1.03 bits per heavy atom. The maximum atomic E-state index is 12.7. The highest BCUT2D eigenvalue weighted by Crippen LogP contribution is 2.25. The number of nitrogens with zero attached hydrogens (tertiary/aromatic N) is 1. The molecular formula is C23H24N2O5. The molecule has 7 nitrogen and oxygen atoms in total. The normalized spacial score (nSPS) is 12.9. The number of hydrogen-bond donors (Lipinski definition) is 1. The van der Waals surface area contributed by atoms with E-state index in [0.29, 0.717) is 29.5 Å². The first kappa shape index (κ1) is 21.2. The zero-order chi connectivity index (χ0) is 21.8. The van der Waals surface area contributed by atoms with E-state index in [1.807, 2.05) is 13.8 Å². The van der Waals surface area contributed by atoms with Crippen molar-refractivity contribution in [3.63, 3.8) is 0 Å². The molecule has 156 valence electrons. The van der Waals surface area contributed by atoms with E-state index in [1.165, 1.54) is 23.1 Å². The fourth-order valence-corrected chi connectivity index (χ4v) is 3.07. The van der Waals surface area contributed by atoms with Gasteiger partial charge >= 0.3 is 5.97 Å². The maximum Gasteiger partial charge on any atom is 0.310 e. The van der Waals surface area contributed by atoms with Crippen molar-refractivity contribution in [3.05, 3.63) is 59.2 Å². The second kappa shape index (κ2) is 8.90. The number of ether oxygens (including phenoxy) is 1. The minimum Gasteiger partial charge on any atom is -0.426 e. The Morgan fingerprint density at radius 2 is 1.77 bits per heavy atom. The topological polar surface area (TPSA) is 92.8 Å². The highest BCUT2D eigenvalue weighted by Gasteiger charge is 2.35. The van der Waals surface area contributed by atoms with E-state index in [1.54, 1.807) is 31.2 Å². The molecule has 0 saturated carbocycles. The Bertz CT molecular complexity index is 1010. The number of anilines is 1. The van der Waals surface area contributed by atoms with E-state index in [2.05, 4.69) is 5.32 Å². The second-order valence-corrected chi connectivity index (χ2v) is 7.51. The van der Waals surface area contributed by atoms with Crippen molar-refractivity contribution in [2.75, 3.05) is 11.9 Å². The molecule has 0 saturated heterocycles. The first-order chi connectivity index (χ1) is 14.3. The zero-order valence-corrected chi connectivity index (χ0v) is 17.2. The molecule has 1 aliphatic heterocycles. The molecule has 0 fully saturated rings. The number of amides is 3. The Kier molecular flexibility index (Phi) is 6.30. The lowest BCUT2D eigenvalue weighted by atomic mass is 10.1. The number of esters is 1. The van der Waals surface area contributed by atoms with Gasteiger partial charge in [-0.1, -0.05) is 26.8 Å². The molecular weight excluding hydrogens is 384 g/mol. The van der Waals surface area contributed by atoms with Crippen molar-refractivity contribution in [1.29, 1.82) is 0 Å². The first-order valence-electron chi connectivity index (χ1n) is 9.92. The average Bonchev–Trinajstić information content (AvgIpc) is 2.96. The summed E-state index contributed by atoms with van der Waals surface area (Å²) in [5, 5.41) is 2.72. The predicted molar refractivity (Wildman–Crippen MR) is 112 cm³/mol. The molecule has 2 aromatic carbocycles. The van der Waals surface area contributed by atoms with E-state index in [4.69, 9.17) is 4.74 Å². The fourth-order valence-electron chi connectivity index (χ4n) is 3.07. The van der Waals surface area contributed by atoms with Crippen LogP contribution in [-0.4, -0.2) is 35.1 Å². The highest BCUT2D eigenvalue weighted by molar-refractivity contribution is 6.22. The van der Waals surface area contributed by atoms with E-state index >= 15 is 0 Å². The summed E-state index contributed by atoms with van der Waals surface area (Å²) in [6.07, 6.45) is 0.963. The van der Waals surface area contributed by atoms with Gasteiger partial charge in [-0.05, 0) is 42.7 Å². The smallest absolute Gasteiger partial charge is 0.310 e. The number of hydrogen-bond acceptors (Lipinski definition) is 5. The lowest BCUT2D eigenvalue weighted by Gasteiger charge is -2.14. The van der Waals surface area contributed by atoms with E-state index < -0.39 is 5.91 Å². The van der Waals surface area contributed by atoms with Crippen LogP contribution in [0.3, 0.4) is 0 Å². The number of benzene rings is 2. The van der Waals surface area contributed by atoms with Gasteiger partial charge in [0.25, 0.3) is 17.7 Å². The number of carbonyl (C=O) groups excluding carboxylic acids is 4. The Labute approximate surface area is 175 Å². The molecule has 0 spiro atoms. The summed E-state index contributed by atoms with van der Waals surface area (Å²) >= 11 is 0. The lowest BCUT2D eigenvalue weighted by molar-refractivity contribution is -0.134. The number of rotatable bonds is 7. The number of carbonyl (C=O) groups is 4. The molecule has 0 aromatic heterocycles. The van der Waals surface area contributed by atoms with Crippen LogP contribution >= 0.6 is 0 Å². The second-order valence-electron chi connectivity index (χ2n) is 7.51. The third-order valence-electron chi connectivity index (χ3n) is 4.78. The van der Waals surface area contributed by atoms with Crippen molar-refractivity contribution >= 4 is 29.4 Å². The molecule has 1 heterocycles. The van der Waals surface area contributed by atoms with Gasteiger partial charge < -0.3 is 10.1 Å². The first-order valence-corrected chi connectivity index (χ1v) is 9.92. The molecule has 0 atom stereocenters. The van der Waals surface area contributed by atoms with Gasteiger partial charge in [0.05, 0.1) is 11.1 Å². The summed E-state index contributed by atoms with van der Waals surface area (Å²) in [7, 11) is 0. The summed E-state index contributed by atoms with van der Waals surface area (Å²) in [5.74, 6) is -0.815. The molecule has 30 heavy (non-hydrogen) atoms. The van der Waals surface area contributed by atoms with Gasteiger partial charge in [0.15, 0.2) is 0 Å². The van der Waals surface area contributed by atoms with Gasteiger partial charge in [-0.3, -0.25) is 24.1 Å². The van der Waals surface area contributed by atoms with E-state index in [0.717, 1.165) is 6.42 Å². The van der Waals surface area contributed by atoms with E-state index in [-0.39, 0.29) is 35.3 Å². The van der Waals surface area contributed by atoms with Crippen molar-refractivity contribution in [3.8, 4) is 5.75 Å². The van der Waals surface area contributed by atoms with Crippen LogP contribution in [0.1, 0.15) is 64.7 Å². The van der Waals surface area contributed by atoms with Crippen LogP contribution in [0.5, 0.6) is 5.75 Å². The molecule has 3 amide bonds. The van der Waals surface area contributed by atoms with Crippen LogP contribution < -0.4 is 10.1 Å². The zero-order valence-electron chi connectivity index (χ0n) is 17.2. The van der Waals surface area contributed by atoms with Gasteiger partial charge in [0.2, 0.25) is 0 Å². The van der Waals surface area contributed by atoms with Crippen LogP contribution in [0.4, 0.5) is 5.69 Å². The number of nitrogens with one attached hydrogen (secondary N) is 1. The summed E-state index contributed by atoms with van der Waals surface area (Å²) in [4.78, 5) is 50.5. The number of imide groups is 1. The van der Waals surface area contributed by atoms with Crippen molar-refractivity contribution in [2.45, 2.75) is 33.6 Å². The predicted octanol–water partition coefficient (Wildman–Crippen LogP) is 3.90. The van der Waals surface area contributed by atoms with Gasteiger partial charge in [-0.15, -0.1) is 0 Å². The van der Waals surface area contributed by atoms with Crippen molar-refractivity contribution in [1.82, 2.24) is 4.90 Å². The minimum absolute atomic E-state index is 0.238. The Hall–Kier alpha value is -3.48. The molecule has 2 aromatic rings. The standard InChI is InChI=1S/C23H24N2O5/c1-4-20(26)30-17-7-5-6-16(13-17)24-21(27)15-8-9-18-19(12-15)23(29)25(22(18)28)11-10-14(2)3/h5-9,12-14H,4,10-11H2,1-3H3,(H,24,27). The molecule has 7 heteroatoms. The van der Waals surface area contributed by atoms with E-state index in [9.17, 15) is 19.2 Å². The summed E-state index contributed by atoms with van der Waals surface area (Å²) < 4.78 is 5.15. The molecule has 0 bridgehead atoms. The lowest BCUT2D eigenvalue weighted by Crippen LogP contribution is -2.31. The van der Waals surface area contributed by atoms with Crippen molar-refractivity contribution in [2.24, 2.45) is 5.92 Å². The van der Waals surface area contributed by atoms with Gasteiger partial charge in [-0.2, -0.15) is 0 Å². The molecule has 3 rings (SSSR count). The molecule has 0 unspecified atom stereocenters. The van der Waals surface area contributed by atoms with Crippen LogP contribution in [0.25, 0.3) is 0 Å². The highest BCUT2D eigenvalue weighted by atomic mass is 16.5. The quantitative estimate of drug-likeness (QED) is 0.426. The molecule has 1 N–H and O–H groups in total. The van der Waals surface area contributed by atoms with Gasteiger partial charge in [0.1, 0.15) is 5.75 Å². The van der Waals surface area contributed by atoms with Crippen molar-refractivity contribution < 1.29 is 23.9 Å². The minimum atomic E-state index is -0.433. The molecule has 0 aliphatic carbocycles. The SMILES string of the molecule is CCC(=O)Oc1cccc(NC(=O)c2ccc3c(c2)C(=O)N(CCC(C)C)C3=O)c1. The third kappa shape index (κ3) is 4.56. The van der Waals surface area contributed by atoms with Gasteiger partial charge in [-0.25, -0.2) is 0 Å². The van der Waals surface area contributed by atoms with Crippen LogP contribution in [0.2, 0.25) is 0 Å². The summed E-state index contributed by atoms with van der Waals surface area (Å²) in [6.45, 7) is 6.10. The largest absolute Gasteiger partial charge is 0.426 e. The molecule has 1 aliphatic rings. The Morgan fingerprint density at radius 3 is 2.47 bits per heavy atom. The molecule has 0 radical (unpaired) electrons. The van der Waals surface area contributed by atoms with Gasteiger partial charge in [0, 0.05) is 30.3 Å². The summed E-state index contributed by atoms with van der Waals surface area (Å²) in [6, 6.07) is 11.0. The van der Waals surface area contributed by atoms with Crippen LogP contribution in [-0.2, 0) is 4.79 Å². The number of fused-ring (bicyclic) bond motifs is 1. The maximum absolute atomic E-state index is 12.7. The fraction of sp³-hybridized carbons (Fsp3) is 0.304. The monoisotopic (exact) mass is 408 g/mol. The van der Waals surface area contributed by atoms with Crippen LogP contribution in [0.15, 0.2) is 42.5 Å². The third-order valence-corrected chi connectivity index (χ3v) is 4.78. The Balaban J connectivity index is 1.75. The van der Waals surface area contributed by atoms with Crippen LogP contribution in [0, 0.1) is 5.92 Å². The average molecular weight is 408 g/mol.